The molecule has 0 atom stereocenters. The second-order valence-electron chi connectivity index (χ2n) is 7.25. The van der Waals surface area contributed by atoms with E-state index in [2.05, 4.69) is 88.6 Å². The fourth-order valence-electron chi connectivity index (χ4n) is 1.96. The van der Waals surface area contributed by atoms with E-state index in [0.29, 0.717) is 0 Å². The molecule has 1 aromatic carbocycles. The topological polar surface area (TPSA) is 3.24 Å². The molecule has 0 heterocycles. The van der Waals surface area contributed by atoms with Gasteiger partial charge in [-0.05, 0) is 34.1 Å². The van der Waals surface area contributed by atoms with Crippen LogP contribution in [0.15, 0.2) is 16.6 Å². The van der Waals surface area contributed by atoms with Crippen LogP contribution in [0.1, 0.15) is 52.7 Å². The van der Waals surface area contributed by atoms with Gasteiger partial charge < -0.3 is 4.90 Å². The molecular weight excluding hydrogens is 286 g/mol. The maximum atomic E-state index is 3.82. The molecule has 102 valence electrons. The predicted octanol–water partition coefficient (Wildman–Crippen LogP) is 5.11. The summed E-state index contributed by atoms with van der Waals surface area (Å²) in [5.74, 6) is 0. The zero-order valence-electron chi connectivity index (χ0n) is 13.0. The Kier molecular flexibility index (Phi) is 4.22. The van der Waals surface area contributed by atoms with E-state index in [1.54, 1.807) is 0 Å². The van der Waals surface area contributed by atoms with Crippen LogP contribution in [0.3, 0.4) is 0 Å². The number of nitrogens with zero attached hydrogens (tertiary/aromatic N) is 1. The number of benzene rings is 1. The molecule has 0 aliphatic carbocycles. The molecule has 0 saturated heterocycles. The first kappa shape index (κ1) is 15.6. The molecule has 18 heavy (non-hydrogen) atoms. The number of anilines is 1. The van der Waals surface area contributed by atoms with E-state index in [9.17, 15) is 0 Å². The number of hydrogen-bond donors (Lipinski definition) is 0. The van der Waals surface area contributed by atoms with Crippen LogP contribution in [0.2, 0.25) is 0 Å². The van der Waals surface area contributed by atoms with Crippen molar-refractivity contribution in [3.8, 4) is 0 Å². The quantitative estimate of drug-likeness (QED) is 0.696. The van der Waals surface area contributed by atoms with Crippen molar-refractivity contribution in [1.29, 1.82) is 0 Å². The highest BCUT2D eigenvalue weighted by Crippen LogP contribution is 2.40. The molecule has 0 radical (unpaired) electrons. The lowest BCUT2D eigenvalue weighted by Gasteiger charge is -2.30. The lowest BCUT2D eigenvalue weighted by Crippen LogP contribution is -2.20. The van der Waals surface area contributed by atoms with Crippen LogP contribution in [-0.4, -0.2) is 14.1 Å². The Morgan fingerprint density at radius 3 is 1.39 bits per heavy atom. The van der Waals surface area contributed by atoms with E-state index in [4.69, 9.17) is 0 Å². The summed E-state index contributed by atoms with van der Waals surface area (Å²) in [6.45, 7) is 13.6. The summed E-state index contributed by atoms with van der Waals surface area (Å²) in [4.78, 5) is 2.18. The molecule has 0 aliphatic heterocycles. The average molecular weight is 312 g/mol. The summed E-state index contributed by atoms with van der Waals surface area (Å²) in [5.41, 5.74) is 4.31. The van der Waals surface area contributed by atoms with Crippen LogP contribution in [-0.2, 0) is 10.8 Å². The first-order chi connectivity index (χ1) is 7.94. The normalized spacial score (nSPS) is 12.7. The van der Waals surface area contributed by atoms with Gasteiger partial charge in [-0.3, -0.25) is 0 Å². The van der Waals surface area contributed by atoms with E-state index in [-0.39, 0.29) is 10.8 Å². The van der Waals surface area contributed by atoms with Crippen molar-refractivity contribution in [2.75, 3.05) is 19.0 Å². The van der Waals surface area contributed by atoms with E-state index < -0.39 is 0 Å². The van der Waals surface area contributed by atoms with Gasteiger partial charge in [0, 0.05) is 24.3 Å². The van der Waals surface area contributed by atoms with Crippen molar-refractivity contribution in [2.45, 2.75) is 52.4 Å². The van der Waals surface area contributed by atoms with Crippen LogP contribution in [0.25, 0.3) is 0 Å². The van der Waals surface area contributed by atoms with Crippen molar-refractivity contribution >= 4 is 21.6 Å². The van der Waals surface area contributed by atoms with Gasteiger partial charge in [-0.15, -0.1) is 0 Å². The molecule has 0 amide bonds. The Labute approximate surface area is 121 Å². The highest BCUT2D eigenvalue weighted by Gasteiger charge is 2.25. The predicted molar refractivity (Wildman–Crippen MR) is 85.9 cm³/mol. The van der Waals surface area contributed by atoms with Gasteiger partial charge in [0.05, 0.1) is 0 Å². The fraction of sp³-hybridized carbons (Fsp3) is 0.625. The SMILES string of the molecule is CN(C)c1cc(C(C)(C)C)c(Br)c(C(C)(C)C)c1. The van der Waals surface area contributed by atoms with Gasteiger partial charge in [-0.1, -0.05) is 57.5 Å². The van der Waals surface area contributed by atoms with Crippen LogP contribution >= 0.6 is 15.9 Å². The Hall–Kier alpha value is -0.500. The first-order valence-electron chi connectivity index (χ1n) is 6.46. The van der Waals surface area contributed by atoms with Gasteiger partial charge >= 0.3 is 0 Å². The molecule has 1 aromatic rings. The monoisotopic (exact) mass is 311 g/mol. The first-order valence-corrected chi connectivity index (χ1v) is 7.25. The third kappa shape index (κ3) is 3.28. The zero-order valence-corrected chi connectivity index (χ0v) is 14.6. The molecule has 0 aromatic heterocycles. The Balaban J connectivity index is 3.59. The lowest BCUT2D eigenvalue weighted by molar-refractivity contribution is 0.563. The minimum Gasteiger partial charge on any atom is -0.378 e. The molecule has 1 nitrogen and oxygen atoms in total. The smallest absolute Gasteiger partial charge is 0.0367 e. The minimum absolute atomic E-state index is 0.144. The molecular formula is C16H26BrN. The number of rotatable bonds is 1. The van der Waals surface area contributed by atoms with Crippen molar-refractivity contribution in [2.24, 2.45) is 0 Å². The summed E-state index contributed by atoms with van der Waals surface area (Å²) in [7, 11) is 4.20. The largest absolute Gasteiger partial charge is 0.378 e. The highest BCUT2D eigenvalue weighted by molar-refractivity contribution is 9.10. The lowest BCUT2D eigenvalue weighted by atomic mass is 9.80. The maximum absolute atomic E-state index is 3.82. The maximum Gasteiger partial charge on any atom is 0.0367 e. The van der Waals surface area contributed by atoms with Gasteiger partial charge in [-0.2, -0.15) is 0 Å². The molecule has 0 N–H and O–H groups in total. The van der Waals surface area contributed by atoms with Crippen molar-refractivity contribution in [3.05, 3.63) is 27.7 Å². The second kappa shape index (κ2) is 4.88. The van der Waals surface area contributed by atoms with Gasteiger partial charge in [-0.25, -0.2) is 0 Å². The van der Waals surface area contributed by atoms with E-state index in [1.807, 2.05) is 0 Å². The Bertz CT molecular complexity index is 398. The average Bonchev–Trinajstić information content (AvgIpc) is 2.13. The van der Waals surface area contributed by atoms with Crippen LogP contribution in [0, 0.1) is 0 Å². The molecule has 0 fully saturated rings. The molecule has 0 bridgehead atoms. The van der Waals surface area contributed by atoms with E-state index in [0.717, 1.165) is 0 Å². The van der Waals surface area contributed by atoms with Gasteiger partial charge in [0.2, 0.25) is 0 Å². The van der Waals surface area contributed by atoms with Gasteiger partial charge in [0.1, 0.15) is 0 Å². The summed E-state index contributed by atoms with van der Waals surface area (Å²) in [6.07, 6.45) is 0. The summed E-state index contributed by atoms with van der Waals surface area (Å²) in [6, 6.07) is 4.58. The third-order valence-electron chi connectivity index (χ3n) is 3.19. The Morgan fingerprint density at radius 2 is 1.17 bits per heavy atom. The zero-order chi connectivity index (χ0) is 14.3. The standard InChI is InChI=1S/C16H26BrN/c1-15(2,3)12-9-11(18(7)8)10-13(14(12)17)16(4,5)6/h9-10H,1-8H3. The molecule has 1 rings (SSSR count). The van der Waals surface area contributed by atoms with Crippen molar-refractivity contribution in [1.82, 2.24) is 0 Å². The number of halogens is 1. The van der Waals surface area contributed by atoms with Crippen LogP contribution in [0.5, 0.6) is 0 Å². The van der Waals surface area contributed by atoms with Crippen LogP contribution < -0.4 is 4.90 Å². The molecule has 0 spiro atoms. The minimum atomic E-state index is 0.144. The molecule has 2 heteroatoms. The molecule has 0 unspecified atom stereocenters. The van der Waals surface area contributed by atoms with Crippen molar-refractivity contribution in [3.63, 3.8) is 0 Å². The number of hydrogen-bond acceptors (Lipinski definition) is 1. The van der Waals surface area contributed by atoms with Gasteiger partial charge in [0.15, 0.2) is 0 Å². The van der Waals surface area contributed by atoms with E-state index >= 15 is 0 Å². The van der Waals surface area contributed by atoms with E-state index in [1.165, 1.54) is 21.3 Å². The fourth-order valence-corrected chi connectivity index (χ4v) is 3.38. The van der Waals surface area contributed by atoms with Crippen LogP contribution in [0.4, 0.5) is 5.69 Å². The Morgan fingerprint density at radius 1 is 0.833 bits per heavy atom. The summed E-state index contributed by atoms with van der Waals surface area (Å²) < 4.78 is 1.26. The van der Waals surface area contributed by atoms with Gasteiger partial charge in [0.25, 0.3) is 0 Å². The summed E-state index contributed by atoms with van der Waals surface area (Å²) >= 11 is 3.82. The van der Waals surface area contributed by atoms with Crippen molar-refractivity contribution < 1.29 is 0 Å². The second-order valence-corrected chi connectivity index (χ2v) is 8.04. The summed E-state index contributed by atoms with van der Waals surface area (Å²) in [5, 5.41) is 0. The highest BCUT2D eigenvalue weighted by atomic mass is 79.9. The third-order valence-corrected chi connectivity index (χ3v) is 4.04. The molecule has 0 saturated carbocycles. The molecule has 0 aliphatic rings.